The van der Waals surface area contributed by atoms with Gasteiger partial charge in [0, 0.05) is 38.1 Å². The van der Waals surface area contributed by atoms with E-state index in [0.717, 1.165) is 6.42 Å². The lowest BCUT2D eigenvalue weighted by atomic mass is 10.0. The number of benzene rings is 1. The Morgan fingerprint density at radius 3 is 3.22 bits per heavy atom. The van der Waals surface area contributed by atoms with E-state index in [1.807, 2.05) is 0 Å². The Morgan fingerprint density at radius 2 is 2.30 bits per heavy atom. The van der Waals surface area contributed by atoms with Gasteiger partial charge in [0.15, 0.2) is 6.29 Å². The molecule has 5 heteroatoms. The van der Waals surface area contributed by atoms with E-state index in [4.69, 9.17) is 23.8 Å². The third-order valence-corrected chi connectivity index (χ3v) is 3.43. The van der Waals surface area contributed by atoms with Gasteiger partial charge in [0.25, 0.3) is 0 Å². The van der Waals surface area contributed by atoms with Gasteiger partial charge in [-0.3, -0.25) is 4.79 Å². The summed E-state index contributed by atoms with van der Waals surface area (Å²) in [4.78, 5) is 11.9. The molecule has 0 saturated carbocycles. The maximum Gasteiger partial charge on any atom is 0.224 e. The summed E-state index contributed by atoms with van der Waals surface area (Å²) in [6.07, 6.45) is -4.93. The summed E-state index contributed by atoms with van der Waals surface area (Å²) < 4.78 is 71.4. The van der Waals surface area contributed by atoms with E-state index in [1.165, 1.54) is 18.2 Å². The molecule has 2 unspecified atom stereocenters. The molecule has 0 radical (unpaired) electrons. The number of aryl methyl sites for hydroxylation is 1. The molecule has 0 spiro atoms. The Balaban J connectivity index is 1.53. The fourth-order valence-corrected chi connectivity index (χ4v) is 2.27. The van der Waals surface area contributed by atoms with Gasteiger partial charge in [-0.2, -0.15) is 0 Å². The van der Waals surface area contributed by atoms with Crippen molar-refractivity contribution in [2.45, 2.75) is 51.1 Å². The number of hydrogen-bond donors (Lipinski definition) is 1. The minimum atomic E-state index is -2.69. The van der Waals surface area contributed by atoms with Crippen LogP contribution in [0.25, 0.3) is 0 Å². The molecule has 1 N–H and O–H groups in total. The van der Waals surface area contributed by atoms with E-state index in [-0.39, 0.29) is 24.3 Å². The third-order valence-electron chi connectivity index (χ3n) is 3.43. The molecule has 0 aromatic heterocycles. The van der Waals surface area contributed by atoms with E-state index in [0.29, 0.717) is 25.2 Å². The van der Waals surface area contributed by atoms with E-state index in [1.54, 1.807) is 0 Å². The molecule has 3 rings (SSSR count). The number of nitrogens with one attached hydrogen (secondary N) is 1. The Labute approximate surface area is 147 Å². The predicted octanol–water partition coefficient (Wildman–Crippen LogP) is 3.27. The maximum absolute atomic E-state index is 11.9. The molecule has 23 heavy (non-hydrogen) atoms. The number of ether oxygens (including phenoxy) is 3. The molecular formula is C18H25NO4. The summed E-state index contributed by atoms with van der Waals surface area (Å²) in [5, 5.41) is 2.36. The largest absolute Gasteiger partial charge is 0.494 e. The molecule has 2 heterocycles. The quantitative estimate of drug-likeness (QED) is 0.781. The lowest BCUT2D eigenvalue weighted by molar-refractivity contribution is -0.162. The van der Waals surface area contributed by atoms with Crippen molar-refractivity contribution in [1.82, 2.24) is 0 Å². The molecule has 126 valence electrons. The lowest BCUT2D eigenvalue weighted by Crippen LogP contribution is -2.22. The van der Waals surface area contributed by atoms with Crippen molar-refractivity contribution in [3.05, 3.63) is 23.8 Å². The molecule has 1 amide bonds. The Bertz CT molecular complexity index is 790. The first-order chi connectivity index (χ1) is 13.9. The molecule has 2 aliphatic rings. The lowest BCUT2D eigenvalue weighted by Gasteiger charge is -2.22. The van der Waals surface area contributed by atoms with Gasteiger partial charge in [-0.25, -0.2) is 0 Å². The van der Waals surface area contributed by atoms with E-state index < -0.39 is 37.9 Å². The summed E-state index contributed by atoms with van der Waals surface area (Å²) in [5.41, 5.74) is 0.175. The molecule has 0 bridgehead atoms. The van der Waals surface area contributed by atoms with Gasteiger partial charge in [-0.1, -0.05) is 6.07 Å². The number of fused-ring (bicyclic) bond motifs is 1. The number of amides is 1. The summed E-state index contributed by atoms with van der Waals surface area (Å²) in [6.45, 7) is -1.36. The minimum Gasteiger partial charge on any atom is -0.494 e. The van der Waals surface area contributed by atoms with Crippen LogP contribution < -0.4 is 10.1 Å². The molecular weight excluding hydrogens is 294 g/mol. The molecule has 0 aliphatic carbocycles. The predicted molar refractivity (Wildman–Crippen MR) is 87.7 cm³/mol. The average molecular weight is 326 g/mol. The Hall–Kier alpha value is -1.59. The first kappa shape index (κ1) is 9.64. The zero-order chi connectivity index (χ0) is 22.2. The highest BCUT2D eigenvalue weighted by Gasteiger charge is 2.15. The van der Waals surface area contributed by atoms with Crippen molar-refractivity contribution < 1.29 is 28.6 Å². The Morgan fingerprint density at radius 1 is 1.35 bits per heavy atom. The Kier molecular flexibility index (Phi) is 3.49. The van der Waals surface area contributed by atoms with Crippen molar-refractivity contribution >= 4 is 11.6 Å². The van der Waals surface area contributed by atoms with Crippen LogP contribution in [0.3, 0.4) is 0 Å². The molecule has 1 aromatic carbocycles. The van der Waals surface area contributed by atoms with Gasteiger partial charge < -0.3 is 19.5 Å². The minimum absolute atomic E-state index is 0.0293. The first-order valence-electron chi connectivity index (χ1n) is 11.3. The van der Waals surface area contributed by atoms with Crippen molar-refractivity contribution in [1.29, 1.82) is 0 Å². The van der Waals surface area contributed by atoms with Crippen LogP contribution in [0.2, 0.25) is 0 Å². The number of rotatable bonds is 7. The van der Waals surface area contributed by atoms with Gasteiger partial charge in [-0.15, -0.1) is 0 Å². The monoisotopic (exact) mass is 326 g/mol. The van der Waals surface area contributed by atoms with Gasteiger partial charge in [0.05, 0.1) is 9.35 Å². The van der Waals surface area contributed by atoms with Crippen molar-refractivity contribution in [2.24, 2.45) is 0 Å². The van der Waals surface area contributed by atoms with E-state index in [2.05, 4.69) is 5.32 Å². The van der Waals surface area contributed by atoms with Crippen molar-refractivity contribution in [2.75, 3.05) is 25.1 Å². The highest BCUT2D eigenvalue weighted by atomic mass is 16.7. The van der Waals surface area contributed by atoms with Gasteiger partial charge in [0.2, 0.25) is 5.91 Å². The van der Waals surface area contributed by atoms with E-state index in [9.17, 15) is 4.79 Å². The summed E-state index contributed by atoms with van der Waals surface area (Å²) in [5.74, 6) is -0.712. The third kappa shape index (κ3) is 4.94. The molecule has 2 aliphatic heterocycles. The second-order valence-corrected chi connectivity index (χ2v) is 5.24. The number of hydrogen-bond acceptors (Lipinski definition) is 4. The number of anilines is 1. The second-order valence-electron chi connectivity index (χ2n) is 5.24. The van der Waals surface area contributed by atoms with Gasteiger partial charge >= 0.3 is 0 Å². The fourth-order valence-electron chi connectivity index (χ4n) is 2.27. The first-order valence-corrected chi connectivity index (χ1v) is 7.74. The second kappa shape index (κ2) is 8.31. The van der Waals surface area contributed by atoms with Crippen LogP contribution in [0.15, 0.2) is 18.2 Å². The zero-order valence-electron chi connectivity index (χ0n) is 19.8. The SMILES string of the molecule is [2H]C1CCCOC1OC([2H])([2H])CCCOc1ccc2c(c1)NC(=O)C([2H])([2H])C2([2H])[2H]. The number of carbonyl (C=O) groups excluding carboxylic acids is 1. The summed E-state index contributed by atoms with van der Waals surface area (Å²) >= 11 is 0. The van der Waals surface area contributed by atoms with Crippen molar-refractivity contribution in [3.63, 3.8) is 0 Å². The van der Waals surface area contributed by atoms with Gasteiger partial charge in [-0.05, 0) is 50.1 Å². The highest BCUT2D eigenvalue weighted by molar-refractivity contribution is 5.94. The molecule has 1 saturated heterocycles. The van der Waals surface area contributed by atoms with E-state index >= 15 is 0 Å². The van der Waals surface area contributed by atoms with Crippen LogP contribution in [0.1, 0.15) is 53.6 Å². The van der Waals surface area contributed by atoms with Crippen LogP contribution in [0, 0.1) is 0 Å². The number of carbonyl (C=O) groups is 1. The normalized spacial score (nSPS) is 33.4. The zero-order valence-corrected chi connectivity index (χ0v) is 12.8. The molecule has 5 nitrogen and oxygen atoms in total. The standard InChI is InChI=1S/C18H25NO4/c20-17-9-7-14-6-8-15(13-16(14)19-17)21-10-3-4-12-23-18-5-1-2-11-22-18/h6,8,13,18H,1-5,7,9-12H2,(H,19,20)/i5D,7D2,9D2,12D2. The maximum atomic E-state index is 11.9. The van der Waals surface area contributed by atoms with Crippen LogP contribution in [0.4, 0.5) is 5.69 Å². The molecule has 1 aromatic rings. The smallest absolute Gasteiger partial charge is 0.224 e. The van der Waals surface area contributed by atoms with Crippen LogP contribution in [0.5, 0.6) is 5.75 Å². The van der Waals surface area contributed by atoms with Crippen LogP contribution >= 0.6 is 0 Å². The fraction of sp³-hybridized carbons (Fsp3) is 0.611. The highest BCUT2D eigenvalue weighted by Crippen LogP contribution is 2.27. The van der Waals surface area contributed by atoms with Crippen LogP contribution in [-0.4, -0.2) is 32.0 Å². The topological polar surface area (TPSA) is 56.8 Å². The average Bonchev–Trinajstić information content (AvgIpc) is 2.66. The summed E-state index contributed by atoms with van der Waals surface area (Å²) in [6, 6.07) is 4.28. The molecule has 1 fully saturated rings. The van der Waals surface area contributed by atoms with Crippen LogP contribution in [-0.2, 0) is 20.6 Å². The summed E-state index contributed by atoms with van der Waals surface area (Å²) in [7, 11) is 0. The molecule has 2 atom stereocenters. The van der Waals surface area contributed by atoms with Crippen molar-refractivity contribution in [3.8, 4) is 5.75 Å². The van der Waals surface area contributed by atoms with Gasteiger partial charge in [0.1, 0.15) is 5.75 Å².